The Morgan fingerprint density at radius 1 is 1.19 bits per heavy atom. The fraction of sp³-hybridized carbons (Fsp3) is 0.571. The Morgan fingerprint density at radius 3 is 2.29 bits per heavy atom. The number of likely N-dealkylation sites (N-methyl/N-ethyl adjacent to an activating group) is 1. The van der Waals surface area contributed by atoms with Crippen LogP contribution in [0.3, 0.4) is 0 Å². The lowest BCUT2D eigenvalue weighted by molar-refractivity contribution is 0.199. The maximum Gasteiger partial charge on any atom is 0.244 e. The van der Waals surface area contributed by atoms with Crippen LogP contribution in [0.5, 0.6) is 11.5 Å². The Morgan fingerprint density at radius 2 is 1.81 bits per heavy atom. The molecule has 1 N–H and O–H groups in total. The SMILES string of the molecule is COc1ccc(OC)c(S(=O)(=O)NCC(C)(C)N(C)C)c1. The lowest BCUT2D eigenvalue weighted by Gasteiger charge is -2.32. The number of sulfonamides is 1. The zero-order valence-electron chi connectivity index (χ0n) is 13.4. The molecule has 0 radical (unpaired) electrons. The first-order valence-corrected chi connectivity index (χ1v) is 8.01. The largest absolute Gasteiger partial charge is 0.497 e. The zero-order valence-corrected chi connectivity index (χ0v) is 14.2. The van der Waals surface area contributed by atoms with Crippen molar-refractivity contribution in [1.29, 1.82) is 0 Å². The van der Waals surface area contributed by atoms with Crippen LogP contribution < -0.4 is 14.2 Å². The van der Waals surface area contributed by atoms with Gasteiger partial charge in [-0.25, -0.2) is 13.1 Å². The van der Waals surface area contributed by atoms with Crippen LogP contribution in [0.1, 0.15) is 13.8 Å². The molecule has 0 saturated carbocycles. The monoisotopic (exact) mass is 316 g/mol. The minimum absolute atomic E-state index is 0.0684. The standard InChI is InChI=1S/C14H24N2O4S/c1-14(2,16(3)4)10-15-21(17,18)13-9-11(19-5)7-8-12(13)20-6/h7-9,15H,10H2,1-6H3. The molecule has 0 spiro atoms. The van der Waals surface area contributed by atoms with Gasteiger partial charge in [0, 0.05) is 18.2 Å². The highest BCUT2D eigenvalue weighted by Gasteiger charge is 2.26. The predicted molar refractivity (Wildman–Crippen MR) is 82.5 cm³/mol. The summed E-state index contributed by atoms with van der Waals surface area (Å²) in [7, 11) is 3.04. The minimum atomic E-state index is -3.68. The third-order valence-electron chi connectivity index (χ3n) is 3.57. The summed E-state index contributed by atoms with van der Waals surface area (Å²) in [6, 6.07) is 4.68. The van der Waals surface area contributed by atoms with E-state index in [1.807, 2.05) is 32.8 Å². The second-order valence-electron chi connectivity index (χ2n) is 5.55. The highest BCUT2D eigenvalue weighted by molar-refractivity contribution is 7.89. The van der Waals surface area contributed by atoms with Gasteiger partial charge in [0.25, 0.3) is 0 Å². The number of benzene rings is 1. The predicted octanol–water partition coefficient (Wildman–Crippen LogP) is 1.32. The van der Waals surface area contributed by atoms with E-state index in [1.165, 1.54) is 20.3 Å². The summed E-state index contributed by atoms with van der Waals surface area (Å²) in [6.07, 6.45) is 0. The molecule has 0 aromatic heterocycles. The van der Waals surface area contributed by atoms with Crippen LogP contribution in [-0.2, 0) is 10.0 Å². The molecule has 0 aliphatic carbocycles. The molecule has 120 valence electrons. The summed E-state index contributed by atoms with van der Waals surface area (Å²) in [5.41, 5.74) is -0.306. The normalized spacial score (nSPS) is 12.5. The Hall–Kier alpha value is -1.31. The second-order valence-corrected chi connectivity index (χ2v) is 7.28. The molecule has 1 aromatic rings. The third-order valence-corrected chi connectivity index (χ3v) is 4.99. The van der Waals surface area contributed by atoms with E-state index in [9.17, 15) is 8.42 Å². The molecule has 0 fully saturated rings. The van der Waals surface area contributed by atoms with Gasteiger partial charge in [0.15, 0.2) is 0 Å². The third kappa shape index (κ3) is 4.33. The summed E-state index contributed by atoms with van der Waals surface area (Å²) >= 11 is 0. The van der Waals surface area contributed by atoms with Gasteiger partial charge in [-0.3, -0.25) is 0 Å². The van der Waals surface area contributed by atoms with Gasteiger partial charge >= 0.3 is 0 Å². The number of nitrogens with one attached hydrogen (secondary N) is 1. The van der Waals surface area contributed by atoms with E-state index in [2.05, 4.69) is 4.72 Å². The molecule has 1 rings (SSSR count). The van der Waals surface area contributed by atoms with Crippen molar-refractivity contribution in [2.45, 2.75) is 24.3 Å². The number of methoxy groups -OCH3 is 2. The van der Waals surface area contributed by atoms with Crippen molar-refractivity contribution in [1.82, 2.24) is 9.62 Å². The second kappa shape index (κ2) is 6.64. The molecule has 0 aliphatic rings. The fourth-order valence-electron chi connectivity index (χ4n) is 1.50. The fourth-order valence-corrected chi connectivity index (χ4v) is 2.89. The number of rotatable bonds is 7. The van der Waals surface area contributed by atoms with E-state index in [0.717, 1.165) is 0 Å². The molecule has 0 heterocycles. The maximum absolute atomic E-state index is 12.5. The van der Waals surface area contributed by atoms with E-state index in [1.54, 1.807) is 12.1 Å². The van der Waals surface area contributed by atoms with E-state index in [0.29, 0.717) is 5.75 Å². The van der Waals surface area contributed by atoms with Gasteiger partial charge < -0.3 is 14.4 Å². The van der Waals surface area contributed by atoms with E-state index < -0.39 is 10.0 Å². The lowest BCUT2D eigenvalue weighted by atomic mass is 10.1. The summed E-state index contributed by atoms with van der Waals surface area (Å²) < 4.78 is 37.8. The van der Waals surface area contributed by atoms with Gasteiger partial charge in [-0.05, 0) is 40.1 Å². The first kappa shape index (κ1) is 17.7. The minimum Gasteiger partial charge on any atom is -0.497 e. The van der Waals surface area contributed by atoms with Gasteiger partial charge in [-0.2, -0.15) is 0 Å². The quantitative estimate of drug-likeness (QED) is 0.822. The van der Waals surface area contributed by atoms with E-state index in [4.69, 9.17) is 9.47 Å². The van der Waals surface area contributed by atoms with Gasteiger partial charge in [0.2, 0.25) is 10.0 Å². The number of nitrogens with zero attached hydrogens (tertiary/aromatic N) is 1. The molecule has 0 bridgehead atoms. The van der Waals surface area contributed by atoms with Crippen molar-refractivity contribution < 1.29 is 17.9 Å². The van der Waals surface area contributed by atoms with Crippen LogP contribution >= 0.6 is 0 Å². The Labute approximate surface area is 127 Å². The Balaban J connectivity index is 3.08. The van der Waals surface area contributed by atoms with Crippen molar-refractivity contribution in [2.24, 2.45) is 0 Å². The van der Waals surface area contributed by atoms with Crippen LogP contribution in [-0.4, -0.2) is 53.7 Å². The average Bonchev–Trinajstić information content (AvgIpc) is 2.44. The van der Waals surface area contributed by atoms with Crippen molar-refractivity contribution in [3.63, 3.8) is 0 Å². The molecule has 7 heteroatoms. The molecule has 0 aliphatic heterocycles. The summed E-state index contributed by atoms with van der Waals surface area (Å²) in [5.74, 6) is 0.744. The van der Waals surface area contributed by atoms with Gasteiger partial charge in [-0.15, -0.1) is 0 Å². The topological polar surface area (TPSA) is 67.9 Å². The van der Waals surface area contributed by atoms with Crippen molar-refractivity contribution in [2.75, 3.05) is 34.9 Å². The van der Waals surface area contributed by atoms with E-state index in [-0.39, 0.29) is 22.7 Å². The van der Waals surface area contributed by atoms with Crippen molar-refractivity contribution in [3.05, 3.63) is 18.2 Å². The van der Waals surface area contributed by atoms with Crippen LogP contribution in [0.15, 0.2) is 23.1 Å². The molecule has 6 nitrogen and oxygen atoms in total. The number of ether oxygens (including phenoxy) is 2. The molecular formula is C14H24N2O4S. The lowest BCUT2D eigenvalue weighted by Crippen LogP contribution is -2.48. The Kier molecular flexibility index (Phi) is 5.61. The van der Waals surface area contributed by atoms with Crippen LogP contribution in [0.25, 0.3) is 0 Å². The van der Waals surface area contributed by atoms with Crippen LogP contribution in [0, 0.1) is 0 Å². The first-order valence-electron chi connectivity index (χ1n) is 6.53. The van der Waals surface area contributed by atoms with Gasteiger partial charge in [0.1, 0.15) is 16.4 Å². The van der Waals surface area contributed by atoms with Crippen LogP contribution in [0.2, 0.25) is 0 Å². The maximum atomic E-state index is 12.5. The van der Waals surface area contributed by atoms with Crippen LogP contribution in [0.4, 0.5) is 0 Å². The highest BCUT2D eigenvalue weighted by atomic mass is 32.2. The average molecular weight is 316 g/mol. The highest BCUT2D eigenvalue weighted by Crippen LogP contribution is 2.28. The molecule has 0 atom stereocenters. The Bertz CT molecular complexity index is 583. The van der Waals surface area contributed by atoms with Gasteiger partial charge in [-0.1, -0.05) is 0 Å². The smallest absolute Gasteiger partial charge is 0.244 e. The molecule has 0 amide bonds. The first-order chi connectivity index (χ1) is 9.64. The molecular weight excluding hydrogens is 292 g/mol. The summed E-state index contributed by atoms with van der Waals surface area (Å²) in [4.78, 5) is 2.03. The molecule has 21 heavy (non-hydrogen) atoms. The van der Waals surface area contributed by atoms with Crippen molar-refractivity contribution >= 4 is 10.0 Å². The molecule has 0 unspecified atom stereocenters. The summed E-state index contributed by atoms with van der Waals surface area (Å²) in [5, 5.41) is 0. The summed E-state index contributed by atoms with van der Waals surface area (Å²) in [6.45, 7) is 4.19. The number of hydrogen-bond acceptors (Lipinski definition) is 5. The molecule has 1 aromatic carbocycles. The van der Waals surface area contributed by atoms with Crippen molar-refractivity contribution in [3.8, 4) is 11.5 Å². The van der Waals surface area contributed by atoms with E-state index >= 15 is 0 Å². The van der Waals surface area contributed by atoms with Gasteiger partial charge in [0.05, 0.1) is 14.2 Å². The number of hydrogen-bond donors (Lipinski definition) is 1. The molecule has 0 saturated heterocycles. The zero-order chi connectivity index (χ0) is 16.3.